The van der Waals surface area contributed by atoms with Gasteiger partial charge < -0.3 is 10.4 Å². The van der Waals surface area contributed by atoms with E-state index in [-0.39, 0.29) is 6.10 Å². The van der Waals surface area contributed by atoms with Crippen LogP contribution in [0.2, 0.25) is 0 Å². The number of hydrogen-bond donors (Lipinski definition) is 2. The van der Waals surface area contributed by atoms with Crippen molar-refractivity contribution in [3.63, 3.8) is 0 Å². The summed E-state index contributed by atoms with van der Waals surface area (Å²) in [7, 11) is 0. The van der Waals surface area contributed by atoms with Crippen LogP contribution >= 0.6 is 11.3 Å². The normalized spacial score (nSPS) is 15.4. The van der Waals surface area contributed by atoms with Crippen LogP contribution in [0.1, 0.15) is 25.8 Å². The zero-order valence-corrected chi connectivity index (χ0v) is 9.68. The van der Waals surface area contributed by atoms with Crippen LogP contribution in [0, 0.1) is 0 Å². The predicted molar refractivity (Wildman–Crippen MR) is 61.8 cm³/mol. The van der Waals surface area contributed by atoms with Crippen molar-refractivity contribution >= 4 is 11.3 Å². The molecule has 0 radical (unpaired) electrons. The van der Waals surface area contributed by atoms with Crippen LogP contribution in [0.3, 0.4) is 0 Å². The van der Waals surface area contributed by atoms with E-state index in [2.05, 4.69) is 29.1 Å². The third-order valence-electron chi connectivity index (χ3n) is 2.18. The molecule has 0 saturated heterocycles. The lowest BCUT2D eigenvalue weighted by Gasteiger charge is -2.14. The predicted octanol–water partition coefficient (Wildman–Crippen LogP) is 2.04. The van der Waals surface area contributed by atoms with E-state index in [1.165, 1.54) is 5.56 Å². The quantitative estimate of drug-likeness (QED) is 0.758. The number of aliphatic hydroxyl groups is 1. The maximum atomic E-state index is 9.17. The molecule has 0 saturated carbocycles. The Hall–Kier alpha value is -0.380. The molecule has 0 aliphatic carbocycles. The third-order valence-corrected chi connectivity index (χ3v) is 2.91. The Balaban J connectivity index is 2.09. The molecule has 2 atom stereocenters. The van der Waals surface area contributed by atoms with Crippen molar-refractivity contribution in [1.82, 2.24) is 5.32 Å². The summed E-state index contributed by atoms with van der Waals surface area (Å²) in [6.45, 7) is 4.93. The minimum atomic E-state index is -0.210. The highest BCUT2D eigenvalue weighted by Gasteiger charge is 2.04. The van der Waals surface area contributed by atoms with Gasteiger partial charge in [0.1, 0.15) is 0 Å². The largest absolute Gasteiger partial charge is 0.393 e. The van der Waals surface area contributed by atoms with Gasteiger partial charge >= 0.3 is 0 Å². The topological polar surface area (TPSA) is 32.3 Å². The Morgan fingerprint density at radius 3 is 2.86 bits per heavy atom. The molecule has 2 unspecified atom stereocenters. The van der Waals surface area contributed by atoms with Crippen molar-refractivity contribution in [1.29, 1.82) is 0 Å². The summed E-state index contributed by atoms with van der Waals surface area (Å²) in [5.41, 5.74) is 1.40. The molecule has 2 nitrogen and oxygen atoms in total. The fourth-order valence-electron chi connectivity index (χ4n) is 1.49. The van der Waals surface area contributed by atoms with Gasteiger partial charge in [0.2, 0.25) is 0 Å². The SMILES string of the molecule is CC(O)CC(C)NCCc1ccsc1. The van der Waals surface area contributed by atoms with E-state index >= 15 is 0 Å². The molecule has 0 fully saturated rings. The van der Waals surface area contributed by atoms with Crippen molar-refractivity contribution < 1.29 is 5.11 Å². The Kier molecular flexibility index (Phi) is 5.15. The van der Waals surface area contributed by atoms with Crippen molar-refractivity contribution in [3.8, 4) is 0 Å². The molecule has 1 rings (SSSR count). The van der Waals surface area contributed by atoms with Gasteiger partial charge in [-0.3, -0.25) is 0 Å². The van der Waals surface area contributed by atoms with E-state index in [0.29, 0.717) is 6.04 Å². The first-order chi connectivity index (χ1) is 6.68. The first-order valence-electron chi connectivity index (χ1n) is 5.11. The smallest absolute Gasteiger partial charge is 0.0526 e. The second kappa shape index (κ2) is 6.17. The highest BCUT2D eigenvalue weighted by molar-refractivity contribution is 7.07. The van der Waals surface area contributed by atoms with E-state index in [0.717, 1.165) is 19.4 Å². The van der Waals surface area contributed by atoms with Crippen LogP contribution < -0.4 is 5.32 Å². The van der Waals surface area contributed by atoms with E-state index in [1.807, 2.05) is 6.92 Å². The lowest BCUT2D eigenvalue weighted by Crippen LogP contribution is -2.30. The molecule has 2 N–H and O–H groups in total. The Morgan fingerprint density at radius 1 is 1.50 bits per heavy atom. The maximum absolute atomic E-state index is 9.17. The second-order valence-corrected chi connectivity index (χ2v) is 4.60. The van der Waals surface area contributed by atoms with Crippen LogP contribution in [0.5, 0.6) is 0 Å². The standard InChI is InChI=1S/C11H19NOS/c1-9(7-10(2)13)12-5-3-11-4-6-14-8-11/h4,6,8-10,12-13H,3,5,7H2,1-2H3. The van der Waals surface area contributed by atoms with Crippen LogP contribution in [-0.4, -0.2) is 23.8 Å². The van der Waals surface area contributed by atoms with Gasteiger partial charge in [0, 0.05) is 6.04 Å². The molecule has 1 heterocycles. The van der Waals surface area contributed by atoms with Gasteiger partial charge in [-0.2, -0.15) is 11.3 Å². The van der Waals surface area contributed by atoms with Crippen LogP contribution in [0.25, 0.3) is 0 Å². The molecule has 0 aromatic carbocycles. The van der Waals surface area contributed by atoms with Crippen molar-refractivity contribution in [2.45, 2.75) is 38.8 Å². The first kappa shape index (κ1) is 11.7. The van der Waals surface area contributed by atoms with Crippen LogP contribution in [0.15, 0.2) is 16.8 Å². The molecule has 0 spiro atoms. The van der Waals surface area contributed by atoms with E-state index in [1.54, 1.807) is 11.3 Å². The van der Waals surface area contributed by atoms with E-state index in [9.17, 15) is 0 Å². The number of nitrogens with one attached hydrogen (secondary N) is 1. The molecular weight excluding hydrogens is 194 g/mol. The van der Waals surface area contributed by atoms with Crippen molar-refractivity contribution in [3.05, 3.63) is 22.4 Å². The minimum absolute atomic E-state index is 0.210. The summed E-state index contributed by atoms with van der Waals surface area (Å²) >= 11 is 1.74. The summed E-state index contributed by atoms with van der Waals surface area (Å²) in [4.78, 5) is 0. The Bertz CT molecular complexity index is 233. The average molecular weight is 213 g/mol. The number of rotatable bonds is 6. The second-order valence-electron chi connectivity index (χ2n) is 3.82. The lowest BCUT2D eigenvalue weighted by molar-refractivity contribution is 0.171. The highest BCUT2D eigenvalue weighted by atomic mass is 32.1. The van der Waals surface area contributed by atoms with Gasteiger partial charge in [0.05, 0.1) is 6.10 Å². The molecule has 3 heteroatoms. The molecular formula is C11H19NOS. The van der Waals surface area contributed by atoms with E-state index < -0.39 is 0 Å². The van der Waals surface area contributed by atoms with Gasteiger partial charge in [-0.15, -0.1) is 0 Å². The Morgan fingerprint density at radius 2 is 2.29 bits per heavy atom. The average Bonchev–Trinajstić information content (AvgIpc) is 2.55. The maximum Gasteiger partial charge on any atom is 0.0526 e. The lowest BCUT2D eigenvalue weighted by atomic mass is 10.1. The van der Waals surface area contributed by atoms with Crippen molar-refractivity contribution in [2.24, 2.45) is 0 Å². The highest BCUT2D eigenvalue weighted by Crippen LogP contribution is 2.06. The molecule has 1 aromatic rings. The van der Waals surface area contributed by atoms with Gasteiger partial charge in [0.25, 0.3) is 0 Å². The first-order valence-corrected chi connectivity index (χ1v) is 6.05. The fraction of sp³-hybridized carbons (Fsp3) is 0.636. The van der Waals surface area contributed by atoms with Gasteiger partial charge in [-0.05, 0) is 55.6 Å². The summed E-state index contributed by atoms with van der Waals surface area (Å²) in [5, 5.41) is 16.9. The van der Waals surface area contributed by atoms with Crippen LogP contribution in [0.4, 0.5) is 0 Å². The molecule has 80 valence electrons. The molecule has 0 aliphatic rings. The molecule has 14 heavy (non-hydrogen) atoms. The zero-order chi connectivity index (χ0) is 10.4. The summed E-state index contributed by atoms with van der Waals surface area (Å²) in [6, 6.07) is 2.56. The van der Waals surface area contributed by atoms with Gasteiger partial charge in [0.15, 0.2) is 0 Å². The number of hydrogen-bond acceptors (Lipinski definition) is 3. The van der Waals surface area contributed by atoms with Gasteiger partial charge in [-0.25, -0.2) is 0 Å². The molecule has 0 aliphatic heterocycles. The molecule has 0 bridgehead atoms. The summed E-state index contributed by atoms with van der Waals surface area (Å²) < 4.78 is 0. The summed E-state index contributed by atoms with van der Waals surface area (Å²) in [5.74, 6) is 0. The monoisotopic (exact) mass is 213 g/mol. The zero-order valence-electron chi connectivity index (χ0n) is 8.86. The Labute approximate surface area is 90.0 Å². The molecule has 1 aromatic heterocycles. The third kappa shape index (κ3) is 4.74. The van der Waals surface area contributed by atoms with E-state index in [4.69, 9.17) is 5.11 Å². The fourth-order valence-corrected chi connectivity index (χ4v) is 2.20. The summed E-state index contributed by atoms with van der Waals surface area (Å²) in [6.07, 6.45) is 1.69. The van der Waals surface area contributed by atoms with Gasteiger partial charge in [-0.1, -0.05) is 0 Å². The molecule has 0 amide bonds. The van der Waals surface area contributed by atoms with Crippen molar-refractivity contribution in [2.75, 3.05) is 6.54 Å². The number of aliphatic hydroxyl groups excluding tert-OH is 1. The minimum Gasteiger partial charge on any atom is -0.393 e. The number of thiophene rings is 1. The van der Waals surface area contributed by atoms with Crippen LogP contribution in [-0.2, 0) is 6.42 Å².